The van der Waals surface area contributed by atoms with Crippen LogP contribution >= 0.6 is 0 Å². The number of nitrogens with one attached hydrogen (secondary N) is 1. The zero-order valence-electron chi connectivity index (χ0n) is 12.5. The molecule has 0 heterocycles. The Hall–Kier alpha value is -1.79. The van der Waals surface area contributed by atoms with Gasteiger partial charge < -0.3 is 20.4 Å². The summed E-state index contributed by atoms with van der Waals surface area (Å²) in [4.78, 5) is 34.4. The van der Waals surface area contributed by atoms with Crippen LogP contribution in [0.5, 0.6) is 0 Å². The van der Waals surface area contributed by atoms with Crippen molar-refractivity contribution in [2.75, 3.05) is 13.1 Å². The molecule has 0 bridgehead atoms. The molecule has 7 heteroatoms. The lowest BCUT2D eigenvalue weighted by molar-refractivity contribution is -0.140. The maximum atomic E-state index is 12.1. The van der Waals surface area contributed by atoms with Gasteiger partial charge in [-0.2, -0.15) is 0 Å². The number of hydrogen-bond donors (Lipinski definition) is 3. The molecule has 3 N–H and O–H groups in total. The van der Waals surface area contributed by atoms with Crippen LogP contribution in [0.15, 0.2) is 0 Å². The molecule has 0 spiro atoms. The topological polar surface area (TPSA) is 107 Å². The second-order valence-electron chi connectivity index (χ2n) is 5.89. The zero-order valence-corrected chi connectivity index (χ0v) is 12.5. The first-order valence-electron chi connectivity index (χ1n) is 7.30. The van der Waals surface area contributed by atoms with Gasteiger partial charge in [0.15, 0.2) is 0 Å². The van der Waals surface area contributed by atoms with Crippen molar-refractivity contribution < 1.29 is 24.6 Å². The standard InChI is InChI=1S/C14H24N2O5/c1-9(2)10-5-3-4-6-11(10)15-14(21)16(7-12(17)18)8-13(19)20/h9-11H,3-8H2,1-2H3,(H,15,21)(H,17,18)(H,19,20). The molecule has 0 radical (unpaired) electrons. The van der Waals surface area contributed by atoms with E-state index in [0.29, 0.717) is 11.8 Å². The van der Waals surface area contributed by atoms with E-state index in [1.807, 2.05) is 0 Å². The van der Waals surface area contributed by atoms with Gasteiger partial charge in [0.25, 0.3) is 0 Å². The molecule has 0 aromatic heterocycles. The predicted molar refractivity (Wildman–Crippen MR) is 76.0 cm³/mol. The Morgan fingerprint density at radius 2 is 1.62 bits per heavy atom. The lowest BCUT2D eigenvalue weighted by Crippen LogP contribution is -2.51. The van der Waals surface area contributed by atoms with Gasteiger partial charge in [-0.15, -0.1) is 0 Å². The van der Waals surface area contributed by atoms with Crippen LogP contribution in [0.2, 0.25) is 0 Å². The number of carboxylic acids is 2. The van der Waals surface area contributed by atoms with E-state index in [1.54, 1.807) is 0 Å². The Labute approximate surface area is 124 Å². The quantitative estimate of drug-likeness (QED) is 0.687. The summed E-state index contributed by atoms with van der Waals surface area (Å²) in [7, 11) is 0. The number of carbonyl (C=O) groups is 3. The first-order valence-corrected chi connectivity index (χ1v) is 7.30. The van der Waals surface area contributed by atoms with Gasteiger partial charge in [-0.3, -0.25) is 9.59 Å². The number of carboxylic acid groups (broad SMARTS) is 2. The number of urea groups is 1. The normalized spacial score (nSPS) is 21.9. The van der Waals surface area contributed by atoms with Crippen LogP contribution in [-0.2, 0) is 9.59 Å². The highest BCUT2D eigenvalue weighted by atomic mass is 16.4. The second-order valence-corrected chi connectivity index (χ2v) is 5.89. The summed E-state index contributed by atoms with van der Waals surface area (Å²) < 4.78 is 0. The molecule has 1 aliphatic rings. The molecule has 2 unspecified atom stereocenters. The van der Waals surface area contributed by atoms with Crippen molar-refractivity contribution in [3.63, 3.8) is 0 Å². The summed E-state index contributed by atoms with van der Waals surface area (Å²) in [5.74, 6) is -1.69. The highest BCUT2D eigenvalue weighted by Gasteiger charge is 2.30. The largest absolute Gasteiger partial charge is 0.480 e. The first-order chi connectivity index (χ1) is 9.81. The summed E-state index contributed by atoms with van der Waals surface area (Å²) in [6, 6.07) is -0.631. The third kappa shape index (κ3) is 5.61. The van der Waals surface area contributed by atoms with Crippen LogP contribution in [0.3, 0.4) is 0 Å². The molecule has 1 fully saturated rings. The number of nitrogens with zero attached hydrogens (tertiary/aromatic N) is 1. The first kappa shape index (κ1) is 17.3. The molecule has 0 aliphatic heterocycles. The molecule has 1 saturated carbocycles. The highest BCUT2D eigenvalue weighted by molar-refractivity contribution is 5.84. The summed E-state index contributed by atoms with van der Waals surface area (Å²) in [6.07, 6.45) is 4.03. The summed E-state index contributed by atoms with van der Waals surface area (Å²) >= 11 is 0. The van der Waals surface area contributed by atoms with E-state index >= 15 is 0 Å². The van der Waals surface area contributed by atoms with E-state index in [4.69, 9.17) is 10.2 Å². The Bertz CT molecular complexity index is 381. The van der Waals surface area contributed by atoms with Crippen LogP contribution in [-0.4, -0.2) is 52.2 Å². The molecule has 21 heavy (non-hydrogen) atoms. The van der Waals surface area contributed by atoms with Crippen molar-refractivity contribution in [1.82, 2.24) is 10.2 Å². The molecule has 120 valence electrons. The molecule has 2 atom stereocenters. The molecule has 1 aliphatic carbocycles. The Kier molecular flexibility index (Phi) is 6.45. The van der Waals surface area contributed by atoms with Crippen LogP contribution in [0.1, 0.15) is 39.5 Å². The van der Waals surface area contributed by atoms with Gasteiger partial charge in [0, 0.05) is 6.04 Å². The fourth-order valence-corrected chi connectivity index (χ4v) is 2.91. The van der Waals surface area contributed by atoms with Gasteiger partial charge in [0.2, 0.25) is 0 Å². The van der Waals surface area contributed by atoms with E-state index in [0.717, 1.165) is 30.6 Å². The maximum Gasteiger partial charge on any atom is 0.323 e. The van der Waals surface area contributed by atoms with Gasteiger partial charge in [-0.05, 0) is 24.7 Å². The highest BCUT2D eigenvalue weighted by Crippen LogP contribution is 2.30. The van der Waals surface area contributed by atoms with Gasteiger partial charge in [-0.1, -0.05) is 26.7 Å². The summed E-state index contributed by atoms with van der Waals surface area (Å²) in [5.41, 5.74) is 0. The van der Waals surface area contributed by atoms with Crippen molar-refractivity contribution in [2.24, 2.45) is 11.8 Å². The fourth-order valence-electron chi connectivity index (χ4n) is 2.91. The lowest BCUT2D eigenvalue weighted by atomic mass is 9.78. The molecule has 1 rings (SSSR count). The number of aliphatic carboxylic acids is 2. The van der Waals surface area contributed by atoms with Crippen molar-refractivity contribution >= 4 is 18.0 Å². The molecular weight excluding hydrogens is 276 g/mol. The third-order valence-electron chi connectivity index (χ3n) is 3.92. The zero-order chi connectivity index (χ0) is 16.0. The number of amides is 2. The van der Waals surface area contributed by atoms with E-state index < -0.39 is 31.1 Å². The minimum absolute atomic E-state index is 0.0173. The molecule has 0 saturated heterocycles. The molecule has 2 amide bonds. The van der Waals surface area contributed by atoms with Gasteiger partial charge >= 0.3 is 18.0 Å². The molecule has 7 nitrogen and oxygen atoms in total. The minimum atomic E-state index is -1.23. The molecular formula is C14H24N2O5. The Morgan fingerprint density at radius 3 is 2.10 bits per heavy atom. The molecule has 0 aromatic carbocycles. The van der Waals surface area contributed by atoms with E-state index in [9.17, 15) is 14.4 Å². The lowest BCUT2D eigenvalue weighted by Gasteiger charge is -2.36. The van der Waals surface area contributed by atoms with Crippen LogP contribution in [0.25, 0.3) is 0 Å². The van der Waals surface area contributed by atoms with Crippen molar-refractivity contribution in [1.29, 1.82) is 0 Å². The minimum Gasteiger partial charge on any atom is -0.480 e. The Morgan fingerprint density at radius 1 is 1.10 bits per heavy atom. The van der Waals surface area contributed by atoms with Crippen molar-refractivity contribution in [2.45, 2.75) is 45.6 Å². The summed E-state index contributed by atoms with van der Waals surface area (Å²) in [6.45, 7) is 2.97. The Balaban J connectivity index is 2.69. The van der Waals surface area contributed by atoms with Crippen molar-refractivity contribution in [3.05, 3.63) is 0 Å². The van der Waals surface area contributed by atoms with E-state index in [1.165, 1.54) is 0 Å². The predicted octanol–water partition coefficient (Wildman–Crippen LogP) is 1.38. The van der Waals surface area contributed by atoms with E-state index in [2.05, 4.69) is 19.2 Å². The average molecular weight is 300 g/mol. The SMILES string of the molecule is CC(C)C1CCCCC1NC(=O)N(CC(=O)O)CC(=O)O. The third-order valence-corrected chi connectivity index (χ3v) is 3.92. The van der Waals surface area contributed by atoms with Gasteiger partial charge in [0.05, 0.1) is 0 Å². The van der Waals surface area contributed by atoms with Gasteiger partial charge in [-0.25, -0.2) is 4.79 Å². The van der Waals surface area contributed by atoms with Crippen molar-refractivity contribution in [3.8, 4) is 0 Å². The van der Waals surface area contributed by atoms with Crippen LogP contribution < -0.4 is 5.32 Å². The smallest absolute Gasteiger partial charge is 0.323 e. The van der Waals surface area contributed by atoms with Crippen LogP contribution in [0, 0.1) is 11.8 Å². The average Bonchev–Trinajstić information content (AvgIpc) is 2.37. The molecule has 0 aromatic rings. The number of rotatable bonds is 6. The monoisotopic (exact) mass is 300 g/mol. The number of carbonyl (C=O) groups excluding carboxylic acids is 1. The summed E-state index contributed by atoms with van der Waals surface area (Å²) in [5, 5.41) is 20.4. The van der Waals surface area contributed by atoms with Crippen LogP contribution in [0.4, 0.5) is 4.79 Å². The second kappa shape index (κ2) is 7.85. The van der Waals surface area contributed by atoms with E-state index in [-0.39, 0.29) is 6.04 Å². The van der Waals surface area contributed by atoms with Gasteiger partial charge in [0.1, 0.15) is 13.1 Å². The fraction of sp³-hybridized carbons (Fsp3) is 0.786. The maximum absolute atomic E-state index is 12.1. The number of hydrogen-bond acceptors (Lipinski definition) is 3.